The smallest absolute Gasteiger partial charge is 0.251 e. The van der Waals surface area contributed by atoms with Crippen LogP contribution in [0, 0.1) is 0 Å². The van der Waals surface area contributed by atoms with Crippen LogP contribution < -0.4 is 5.32 Å². The molecule has 0 aliphatic carbocycles. The van der Waals surface area contributed by atoms with Gasteiger partial charge in [0.2, 0.25) is 11.8 Å². The fraction of sp³-hybridized carbons (Fsp3) is 0.571. The molecule has 150 valence electrons. The minimum Gasteiger partial charge on any atom is -0.342 e. The highest BCUT2D eigenvalue weighted by Gasteiger charge is 2.23. The summed E-state index contributed by atoms with van der Waals surface area (Å²) in [6.07, 6.45) is 0. The zero-order chi connectivity index (χ0) is 20.8. The van der Waals surface area contributed by atoms with Crippen molar-refractivity contribution >= 4 is 17.7 Å². The Bertz CT molecular complexity index is 658. The van der Waals surface area contributed by atoms with E-state index in [2.05, 4.69) is 26.1 Å². The van der Waals surface area contributed by atoms with Crippen molar-refractivity contribution in [1.29, 1.82) is 0 Å². The maximum atomic E-state index is 12.5. The number of hydrogen-bond acceptors (Lipinski definition) is 3. The van der Waals surface area contributed by atoms with Crippen molar-refractivity contribution in [3.63, 3.8) is 0 Å². The van der Waals surface area contributed by atoms with E-state index in [4.69, 9.17) is 0 Å². The molecule has 1 unspecified atom stereocenters. The molecule has 1 aromatic carbocycles. The molecule has 27 heavy (non-hydrogen) atoms. The quantitative estimate of drug-likeness (QED) is 0.796. The van der Waals surface area contributed by atoms with Crippen molar-refractivity contribution in [2.24, 2.45) is 0 Å². The van der Waals surface area contributed by atoms with Gasteiger partial charge < -0.3 is 15.1 Å². The first-order valence-corrected chi connectivity index (χ1v) is 9.45. The molecule has 0 aliphatic heterocycles. The molecular weight excluding hydrogens is 342 g/mol. The first-order chi connectivity index (χ1) is 12.5. The van der Waals surface area contributed by atoms with Gasteiger partial charge in [0.25, 0.3) is 5.91 Å². The normalized spacial score (nSPS) is 12.3. The number of nitrogens with one attached hydrogen (secondary N) is 1. The molecule has 0 bridgehead atoms. The number of rotatable bonds is 7. The first kappa shape index (κ1) is 22.7. The monoisotopic (exact) mass is 375 g/mol. The van der Waals surface area contributed by atoms with Gasteiger partial charge in [0.1, 0.15) is 6.04 Å². The Hall–Kier alpha value is -2.37. The van der Waals surface area contributed by atoms with Crippen molar-refractivity contribution in [3.05, 3.63) is 35.4 Å². The summed E-state index contributed by atoms with van der Waals surface area (Å²) < 4.78 is 0. The van der Waals surface area contributed by atoms with Gasteiger partial charge in [-0.15, -0.1) is 0 Å². The van der Waals surface area contributed by atoms with E-state index in [9.17, 15) is 14.4 Å². The molecule has 0 radical (unpaired) electrons. The van der Waals surface area contributed by atoms with E-state index in [0.29, 0.717) is 18.7 Å². The van der Waals surface area contributed by atoms with E-state index in [1.807, 2.05) is 26.0 Å². The van der Waals surface area contributed by atoms with Crippen LogP contribution in [0.1, 0.15) is 57.5 Å². The molecule has 0 heterocycles. The molecular formula is C21H33N3O3. The van der Waals surface area contributed by atoms with Crippen LogP contribution in [0.3, 0.4) is 0 Å². The van der Waals surface area contributed by atoms with Crippen LogP contribution in [0.2, 0.25) is 0 Å². The summed E-state index contributed by atoms with van der Waals surface area (Å²) in [4.78, 5) is 40.0. The van der Waals surface area contributed by atoms with Crippen LogP contribution >= 0.6 is 0 Å². The van der Waals surface area contributed by atoms with Gasteiger partial charge in [0.15, 0.2) is 0 Å². The van der Waals surface area contributed by atoms with Gasteiger partial charge in [0, 0.05) is 25.7 Å². The standard InChI is InChI=1S/C21H33N3O3/c1-8-24(9-2)18(25)14-23(7)20(27)15(3)22-19(26)16-10-12-17(13-11-16)21(4,5)6/h10-13,15H,8-9,14H2,1-7H3,(H,22,26). The minimum atomic E-state index is -0.714. The van der Waals surface area contributed by atoms with Crippen molar-refractivity contribution in [2.45, 2.75) is 53.0 Å². The van der Waals surface area contributed by atoms with Crippen LogP contribution in [0.5, 0.6) is 0 Å². The van der Waals surface area contributed by atoms with Crippen molar-refractivity contribution in [3.8, 4) is 0 Å². The highest BCUT2D eigenvalue weighted by molar-refractivity contribution is 5.97. The van der Waals surface area contributed by atoms with E-state index in [1.54, 1.807) is 31.0 Å². The Morgan fingerprint density at radius 1 is 1.04 bits per heavy atom. The van der Waals surface area contributed by atoms with Crippen LogP contribution in [-0.4, -0.2) is 60.2 Å². The fourth-order valence-electron chi connectivity index (χ4n) is 2.75. The van der Waals surface area contributed by atoms with E-state index < -0.39 is 6.04 Å². The molecule has 6 heteroatoms. The molecule has 1 rings (SSSR count). The molecule has 0 aliphatic rings. The summed E-state index contributed by atoms with van der Waals surface area (Å²) in [5, 5.41) is 2.71. The topological polar surface area (TPSA) is 69.7 Å². The first-order valence-electron chi connectivity index (χ1n) is 9.45. The lowest BCUT2D eigenvalue weighted by Crippen LogP contribution is -2.48. The predicted octanol–water partition coefficient (Wildman–Crippen LogP) is 2.43. The summed E-state index contributed by atoms with van der Waals surface area (Å²) in [6, 6.07) is 6.67. The molecule has 1 N–H and O–H groups in total. The maximum Gasteiger partial charge on any atom is 0.251 e. The molecule has 0 saturated heterocycles. The van der Waals surface area contributed by atoms with Gasteiger partial charge >= 0.3 is 0 Å². The van der Waals surface area contributed by atoms with E-state index in [-0.39, 0.29) is 29.7 Å². The minimum absolute atomic E-state index is 0.000995. The van der Waals surface area contributed by atoms with Crippen molar-refractivity contribution < 1.29 is 14.4 Å². The lowest BCUT2D eigenvalue weighted by Gasteiger charge is -2.25. The van der Waals surface area contributed by atoms with Gasteiger partial charge in [-0.2, -0.15) is 0 Å². The van der Waals surface area contributed by atoms with Gasteiger partial charge in [-0.3, -0.25) is 14.4 Å². The number of hydrogen-bond donors (Lipinski definition) is 1. The predicted molar refractivity (Wildman–Crippen MR) is 108 cm³/mol. The molecule has 6 nitrogen and oxygen atoms in total. The summed E-state index contributed by atoms with van der Waals surface area (Å²) in [5.74, 6) is -0.706. The lowest BCUT2D eigenvalue weighted by molar-refractivity contribution is -0.140. The summed E-state index contributed by atoms with van der Waals surface area (Å²) in [6.45, 7) is 13.0. The van der Waals surface area contributed by atoms with Crippen LogP contribution in [0.15, 0.2) is 24.3 Å². The number of likely N-dealkylation sites (N-methyl/N-ethyl adjacent to an activating group) is 2. The molecule has 0 aromatic heterocycles. The Morgan fingerprint density at radius 3 is 2.00 bits per heavy atom. The van der Waals surface area contributed by atoms with Gasteiger partial charge in [-0.25, -0.2) is 0 Å². The zero-order valence-corrected chi connectivity index (χ0v) is 17.6. The number of nitrogens with zero attached hydrogens (tertiary/aromatic N) is 2. The van der Waals surface area contributed by atoms with E-state index in [1.165, 1.54) is 4.90 Å². The molecule has 1 atom stereocenters. The summed E-state index contributed by atoms with van der Waals surface area (Å²) >= 11 is 0. The third-order valence-electron chi connectivity index (χ3n) is 4.60. The molecule has 0 spiro atoms. The fourth-order valence-corrected chi connectivity index (χ4v) is 2.75. The van der Waals surface area contributed by atoms with Gasteiger partial charge in [-0.1, -0.05) is 32.9 Å². The highest BCUT2D eigenvalue weighted by Crippen LogP contribution is 2.22. The van der Waals surface area contributed by atoms with Crippen LogP contribution in [0.25, 0.3) is 0 Å². The number of amides is 3. The summed E-state index contributed by atoms with van der Waals surface area (Å²) in [5.41, 5.74) is 1.65. The molecule has 1 aromatic rings. The van der Waals surface area contributed by atoms with Crippen LogP contribution in [-0.2, 0) is 15.0 Å². The third kappa shape index (κ3) is 6.38. The Kier molecular flexibility index (Phi) is 8.00. The van der Waals surface area contributed by atoms with Gasteiger partial charge in [-0.05, 0) is 43.9 Å². The van der Waals surface area contributed by atoms with E-state index >= 15 is 0 Å². The second-order valence-electron chi connectivity index (χ2n) is 7.78. The molecule has 0 saturated carbocycles. The Morgan fingerprint density at radius 2 is 1.56 bits per heavy atom. The maximum absolute atomic E-state index is 12.5. The Labute approximate surface area is 162 Å². The van der Waals surface area contributed by atoms with Gasteiger partial charge in [0.05, 0.1) is 6.54 Å². The second kappa shape index (κ2) is 9.53. The Balaban J connectivity index is 2.68. The van der Waals surface area contributed by atoms with Crippen molar-refractivity contribution in [1.82, 2.24) is 15.1 Å². The average molecular weight is 376 g/mol. The molecule has 0 fully saturated rings. The van der Waals surface area contributed by atoms with Crippen molar-refractivity contribution in [2.75, 3.05) is 26.7 Å². The summed E-state index contributed by atoms with van der Waals surface area (Å²) in [7, 11) is 1.57. The largest absolute Gasteiger partial charge is 0.342 e. The zero-order valence-electron chi connectivity index (χ0n) is 17.6. The highest BCUT2D eigenvalue weighted by atomic mass is 16.2. The number of benzene rings is 1. The third-order valence-corrected chi connectivity index (χ3v) is 4.60. The van der Waals surface area contributed by atoms with Crippen LogP contribution in [0.4, 0.5) is 0 Å². The van der Waals surface area contributed by atoms with E-state index in [0.717, 1.165) is 5.56 Å². The lowest BCUT2D eigenvalue weighted by atomic mass is 9.86. The second-order valence-corrected chi connectivity index (χ2v) is 7.78. The molecule has 3 amide bonds. The number of carbonyl (C=O) groups is 3. The SMILES string of the molecule is CCN(CC)C(=O)CN(C)C(=O)C(C)NC(=O)c1ccc(C(C)(C)C)cc1. The number of carbonyl (C=O) groups excluding carboxylic acids is 3. The average Bonchev–Trinajstić information content (AvgIpc) is 2.61.